The van der Waals surface area contributed by atoms with E-state index in [9.17, 15) is 10.1 Å². The molecule has 6 nitrogen and oxygen atoms in total. The van der Waals surface area contributed by atoms with Crippen molar-refractivity contribution in [3.8, 4) is 6.07 Å². The molecule has 1 fully saturated rings. The van der Waals surface area contributed by atoms with E-state index in [2.05, 4.69) is 11.5 Å². The SMILES string of the molecule is C=CCOC(=O)/C(C#N)=C\c1cc2ccccc2nc1N1CCOCC1. The summed E-state index contributed by atoms with van der Waals surface area (Å²) < 4.78 is 10.4. The highest BCUT2D eigenvalue weighted by Gasteiger charge is 2.18. The van der Waals surface area contributed by atoms with Crippen molar-refractivity contribution in [1.29, 1.82) is 5.26 Å². The van der Waals surface area contributed by atoms with Gasteiger partial charge < -0.3 is 14.4 Å². The van der Waals surface area contributed by atoms with Crippen molar-refractivity contribution in [2.45, 2.75) is 0 Å². The number of carbonyl (C=O) groups is 1. The van der Waals surface area contributed by atoms with Gasteiger partial charge in [-0.1, -0.05) is 30.9 Å². The normalized spacial score (nSPS) is 14.7. The van der Waals surface area contributed by atoms with Gasteiger partial charge in [0.1, 0.15) is 24.1 Å². The predicted octanol–water partition coefficient (Wildman–Crippen LogP) is 2.71. The molecular weight excluding hydrogens is 330 g/mol. The van der Waals surface area contributed by atoms with Crippen LogP contribution in [0.5, 0.6) is 0 Å². The summed E-state index contributed by atoms with van der Waals surface area (Å²) in [5.41, 5.74) is 1.50. The summed E-state index contributed by atoms with van der Waals surface area (Å²) in [5.74, 6) is 0.0600. The molecule has 0 atom stereocenters. The molecule has 1 saturated heterocycles. The number of morpholine rings is 1. The van der Waals surface area contributed by atoms with E-state index in [0.717, 1.165) is 16.7 Å². The van der Waals surface area contributed by atoms with Gasteiger partial charge in [-0.3, -0.25) is 0 Å². The molecule has 1 aromatic heterocycles. The Morgan fingerprint density at radius 3 is 2.88 bits per heavy atom. The van der Waals surface area contributed by atoms with Gasteiger partial charge in [0.05, 0.1) is 18.7 Å². The van der Waals surface area contributed by atoms with Crippen LogP contribution in [0.3, 0.4) is 0 Å². The van der Waals surface area contributed by atoms with Crippen LogP contribution in [-0.2, 0) is 14.3 Å². The molecule has 0 spiro atoms. The van der Waals surface area contributed by atoms with Crippen molar-refractivity contribution >= 4 is 28.8 Å². The Hall–Kier alpha value is -3.17. The molecule has 0 bridgehead atoms. The van der Waals surface area contributed by atoms with Gasteiger partial charge in [-0.05, 0) is 18.2 Å². The van der Waals surface area contributed by atoms with Crippen molar-refractivity contribution in [3.05, 3.63) is 54.1 Å². The average molecular weight is 349 g/mol. The summed E-state index contributed by atoms with van der Waals surface area (Å²) >= 11 is 0. The van der Waals surface area contributed by atoms with Crippen LogP contribution in [0, 0.1) is 11.3 Å². The van der Waals surface area contributed by atoms with Crippen molar-refractivity contribution in [1.82, 2.24) is 4.98 Å². The Morgan fingerprint density at radius 2 is 2.15 bits per heavy atom. The van der Waals surface area contributed by atoms with E-state index in [4.69, 9.17) is 14.5 Å². The van der Waals surface area contributed by atoms with E-state index in [1.54, 1.807) is 0 Å². The number of carbonyl (C=O) groups excluding carboxylic acids is 1. The van der Waals surface area contributed by atoms with Gasteiger partial charge in [-0.15, -0.1) is 0 Å². The first-order valence-corrected chi connectivity index (χ1v) is 8.35. The summed E-state index contributed by atoms with van der Waals surface area (Å²) in [6, 6.07) is 11.6. The predicted molar refractivity (Wildman–Crippen MR) is 99.5 cm³/mol. The number of hydrogen-bond donors (Lipinski definition) is 0. The number of pyridine rings is 1. The van der Waals surface area contributed by atoms with Crippen LogP contribution in [0.15, 0.2) is 48.6 Å². The van der Waals surface area contributed by atoms with Gasteiger partial charge in [-0.2, -0.15) is 5.26 Å². The summed E-state index contributed by atoms with van der Waals surface area (Å²) in [5, 5.41) is 10.3. The first-order valence-electron chi connectivity index (χ1n) is 8.35. The summed E-state index contributed by atoms with van der Waals surface area (Å²) in [4.78, 5) is 18.9. The number of nitrogens with zero attached hydrogens (tertiary/aromatic N) is 3. The number of nitriles is 1. The van der Waals surface area contributed by atoms with Crippen molar-refractivity contribution in [2.75, 3.05) is 37.8 Å². The lowest BCUT2D eigenvalue weighted by atomic mass is 10.1. The molecule has 132 valence electrons. The second-order valence-electron chi connectivity index (χ2n) is 5.75. The molecule has 0 radical (unpaired) electrons. The van der Waals surface area contributed by atoms with Crippen LogP contribution in [0.25, 0.3) is 17.0 Å². The standard InChI is InChI=1S/C20H19N3O3/c1-2-9-26-20(24)17(14-21)13-16-12-15-5-3-4-6-18(15)22-19(16)23-7-10-25-11-8-23/h2-6,12-13H,1,7-11H2/b17-13-. The van der Waals surface area contributed by atoms with Crippen molar-refractivity contribution in [3.63, 3.8) is 0 Å². The van der Waals surface area contributed by atoms with Crippen LogP contribution in [0.4, 0.5) is 5.82 Å². The summed E-state index contributed by atoms with van der Waals surface area (Å²) in [6.45, 7) is 6.20. The van der Waals surface area contributed by atoms with Gasteiger partial charge in [-0.25, -0.2) is 9.78 Å². The molecule has 0 amide bonds. The Bertz CT molecular complexity index is 893. The van der Waals surface area contributed by atoms with Gasteiger partial charge in [0.25, 0.3) is 0 Å². The minimum Gasteiger partial charge on any atom is -0.457 e. The number of para-hydroxylation sites is 1. The lowest BCUT2D eigenvalue weighted by Gasteiger charge is -2.29. The second-order valence-corrected chi connectivity index (χ2v) is 5.75. The average Bonchev–Trinajstić information content (AvgIpc) is 2.70. The molecule has 0 saturated carbocycles. The van der Waals surface area contributed by atoms with Gasteiger partial charge in [0, 0.05) is 24.0 Å². The Labute approximate surface area is 152 Å². The van der Waals surface area contributed by atoms with Gasteiger partial charge >= 0.3 is 5.97 Å². The number of fused-ring (bicyclic) bond motifs is 1. The van der Waals surface area contributed by atoms with Crippen molar-refractivity contribution in [2.24, 2.45) is 0 Å². The molecule has 6 heteroatoms. The molecule has 0 aliphatic carbocycles. The fourth-order valence-corrected chi connectivity index (χ4v) is 2.76. The lowest BCUT2D eigenvalue weighted by Crippen LogP contribution is -2.37. The number of benzene rings is 1. The molecule has 0 N–H and O–H groups in total. The third-order valence-corrected chi connectivity index (χ3v) is 4.02. The quantitative estimate of drug-likeness (QED) is 0.358. The number of ether oxygens (including phenoxy) is 2. The zero-order valence-corrected chi connectivity index (χ0v) is 14.4. The summed E-state index contributed by atoms with van der Waals surface area (Å²) in [7, 11) is 0. The number of aromatic nitrogens is 1. The summed E-state index contributed by atoms with van der Waals surface area (Å²) in [6.07, 6.45) is 3.00. The Morgan fingerprint density at radius 1 is 1.38 bits per heavy atom. The van der Waals surface area contributed by atoms with Crippen LogP contribution in [0.2, 0.25) is 0 Å². The smallest absolute Gasteiger partial charge is 0.349 e. The fraction of sp³-hybridized carbons (Fsp3) is 0.250. The molecule has 1 aromatic carbocycles. The van der Waals surface area contributed by atoms with Crippen LogP contribution in [0.1, 0.15) is 5.56 Å². The highest BCUT2D eigenvalue weighted by molar-refractivity contribution is 5.99. The van der Waals surface area contributed by atoms with Crippen LogP contribution < -0.4 is 4.90 Å². The Balaban J connectivity index is 2.06. The van der Waals surface area contributed by atoms with E-state index in [0.29, 0.717) is 31.9 Å². The Kier molecular flexibility index (Phi) is 5.62. The molecule has 2 aromatic rings. The molecule has 3 rings (SSSR count). The van der Waals surface area contributed by atoms with Crippen LogP contribution in [-0.4, -0.2) is 43.9 Å². The zero-order valence-electron chi connectivity index (χ0n) is 14.4. The molecule has 1 aliphatic rings. The fourth-order valence-electron chi connectivity index (χ4n) is 2.76. The maximum Gasteiger partial charge on any atom is 0.349 e. The van der Waals surface area contributed by atoms with Crippen LogP contribution >= 0.6 is 0 Å². The third kappa shape index (κ3) is 3.90. The van der Waals surface area contributed by atoms with E-state index in [1.165, 1.54) is 12.2 Å². The maximum absolute atomic E-state index is 12.1. The first kappa shape index (κ1) is 17.6. The minimum atomic E-state index is -0.673. The molecule has 0 unspecified atom stereocenters. The zero-order chi connectivity index (χ0) is 18.4. The monoisotopic (exact) mass is 349 g/mol. The van der Waals surface area contributed by atoms with Gasteiger partial charge in [0.15, 0.2) is 0 Å². The lowest BCUT2D eigenvalue weighted by molar-refractivity contribution is -0.137. The number of rotatable bonds is 5. The topological polar surface area (TPSA) is 75.5 Å². The molecule has 2 heterocycles. The van der Waals surface area contributed by atoms with E-state index in [1.807, 2.05) is 36.4 Å². The highest BCUT2D eigenvalue weighted by atomic mass is 16.5. The maximum atomic E-state index is 12.1. The minimum absolute atomic E-state index is 0.0597. The number of anilines is 1. The van der Waals surface area contributed by atoms with Crippen molar-refractivity contribution < 1.29 is 14.3 Å². The van der Waals surface area contributed by atoms with E-state index >= 15 is 0 Å². The van der Waals surface area contributed by atoms with Gasteiger partial charge in [0.2, 0.25) is 0 Å². The molecule has 26 heavy (non-hydrogen) atoms. The number of hydrogen-bond acceptors (Lipinski definition) is 6. The molecular formula is C20H19N3O3. The highest BCUT2D eigenvalue weighted by Crippen LogP contribution is 2.26. The largest absolute Gasteiger partial charge is 0.457 e. The second kappa shape index (κ2) is 8.28. The van der Waals surface area contributed by atoms with E-state index < -0.39 is 5.97 Å². The van der Waals surface area contributed by atoms with E-state index in [-0.39, 0.29) is 12.2 Å². The number of esters is 1. The first-order chi connectivity index (χ1) is 12.7. The third-order valence-electron chi connectivity index (χ3n) is 4.02. The molecule has 1 aliphatic heterocycles.